The maximum absolute atomic E-state index is 4.64. The van der Waals surface area contributed by atoms with Crippen molar-refractivity contribution in [1.29, 1.82) is 0 Å². The second-order valence-corrected chi connectivity index (χ2v) is 3.90. The van der Waals surface area contributed by atoms with Crippen molar-refractivity contribution in [3.8, 4) is 0 Å². The van der Waals surface area contributed by atoms with Crippen LogP contribution in [-0.2, 0) is 0 Å². The second-order valence-electron chi connectivity index (χ2n) is 3.90. The van der Waals surface area contributed by atoms with Crippen molar-refractivity contribution >= 4 is 16.5 Å². The van der Waals surface area contributed by atoms with Crippen LogP contribution in [0.1, 0.15) is 25.1 Å². The van der Waals surface area contributed by atoms with E-state index in [1.54, 1.807) is 12.2 Å². The molecule has 0 radical (unpaired) electrons. The molecule has 0 fully saturated rings. The van der Waals surface area contributed by atoms with Gasteiger partial charge in [0.1, 0.15) is 0 Å². The predicted octanol–water partition coefficient (Wildman–Crippen LogP) is 5.32. The number of aromatic nitrogens is 1. The summed E-state index contributed by atoms with van der Waals surface area (Å²) in [7, 11) is 0. The van der Waals surface area contributed by atoms with Crippen molar-refractivity contribution in [2.24, 2.45) is 0 Å². The molecule has 2 aromatic rings. The Bertz CT molecular complexity index is 606. The lowest BCUT2D eigenvalue weighted by Crippen LogP contribution is -1.91. The molecule has 1 aromatic carbocycles. The highest BCUT2D eigenvalue weighted by Crippen LogP contribution is 2.22. The highest BCUT2D eigenvalue weighted by molar-refractivity contribution is 5.85. The van der Waals surface area contributed by atoms with Crippen LogP contribution >= 0.6 is 0 Å². The molecular weight excluding hydrogens is 230 g/mol. The summed E-state index contributed by atoms with van der Waals surface area (Å²) in [6.45, 7) is 13.6. The molecule has 0 aliphatic carbocycles. The fraction of sp³-hybridized carbons (Fsp3) is 0.167. The summed E-state index contributed by atoms with van der Waals surface area (Å²) in [4.78, 5) is 4.64. The molecule has 1 aromatic heterocycles. The van der Waals surface area contributed by atoms with E-state index in [4.69, 9.17) is 0 Å². The van der Waals surface area contributed by atoms with E-state index in [-0.39, 0.29) is 0 Å². The van der Waals surface area contributed by atoms with Crippen molar-refractivity contribution in [3.63, 3.8) is 0 Å². The monoisotopic (exact) mass is 251 g/mol. The molecule has 98 valence electrons. The Kier molecular flexibility index (Phi) is 5.74. The molecule has 0 aliphatic heterocycles. The average Bonchev–Trinajstić information content (AvgIpc) is 2.47. The number of para-hydroxylation sites is 1. The number of hydrogen-bond donors (Lipinski definition) is 0. The van der Waals surface area contributed by atoms with E-state index >= 15 is 0 Å². The van der Waals surface area contributed by atoms with E-state index in [2.05, 4.69) is 37.2 Å². The Morgan fingerprint density at radius 1 is 1.16 bits per heavy atom. The molecule has 0 saturated carbocycles. The number of rotatable bonds is 3. The molecule has 0 aliphatic rings. The molecule has 1 nitrogen and oxygen atoms in total. The van der Waals surface area contributed by atoms with Gasteiger partial charge in [-0.25, -0.2) is 4.98 Å². The Balaban J connectivity index is 0.000000861. The molecule has 0 amide bonds. The van der Waals surface area contributed by atoms with Gasteiger partial charge in [-0.15, -0.1) is 0 Å². The van der Waals surface area contributed by atoms with Crippen molar-refractivity contribution in [1.82, 2.24) is 4.98 Å². The van der Waals surface area contributed by atoms with Gasteiger partial charge in [-0.3, -0.25) is 0 Å². The van der Waals surface area contributed by atoms with E-state index in [9.17, 15) is 0 Å². The zero-order chi connectivity index (χ0) is 14.3. The number of benzene rings is 1. The lowest BCUT2D eigenvalue weighted by molar-refractivity contribution is 1.32. The smallest absolute Gasteiger partial charge is 0.0712 e. The quantitative estimate of drug-likeness (QED) is 0.672. The molecule has 0 spiro atoms. The van der Waals surface area contributed by atoms with Gasteiger partial charge < -0.3 is 0 Å². The summed E-state index contributed by atoms with van der Waals surface area (Å²) in [5, 5.41) is 1.19. The van der Waals surface area contributed by atoms with Crippen LogP contribution in [0.2, 0.25) is 0 Å². The Labute approximate surface area is 116 Å². The Hall–Kier alpha value is -2.15. The molecular formula is C18H21N. The van der Waals surface area contributed by atoms with Crippen LogP contribution in [0.15, 0.2) is 61.7 Å². The zero-order valence-corrected chi connectivity index (χ0v) is 12.0. The molecule has 0 unspecified atom stereocenters. The fourth-order valence-electron chi connectivity index (χ4n) is 1.88. The third kappa shape index (κ3) is 3.41. The zero-order valence-electron chi connectivity index (χ0n) is 12.0. The van der Waals surface area contributed by atoms with E-state index < -0.39 is 0 Å². The lowest BCUT2D eigenvalue weighted by atomic mass is 10.1. The highest BCUT2D eigenvalue weighted by Gasteiger charge is 2.03. The normalized spacial score (nSPS) is 10.6. The van der Waals surface area contributed by atoms with E-state index in [0.717, 1.165) is 16.8 Å². The minimum Gasteiger partial charge on any atom is -0.248 e. The summed E-state index contributed by atoms with van der Waals surface area (Å²) in [6.07, 6.45) is 5.48. The first-order valence-electron chi connectivity index (χ1n) is 6.58. The topological polar surface area (TPSA) is 12.9 Å². The van der Waals surface area contributed by atoms with Gasteiger partial charge in [-0.1, -0.05) is 63.4 Å². The molecule has 1 heterocycles. The minimum atomic E-state index is 0.941. The van der Waals surface area contributed by atoms with Gasteiger partial charge in [0.25, 0.3) is 0 Å². The third-order valence-electron chi connectivity index (χ3n) is 2.74. The van der Waals surface area contributed by atoms with Gasteiger partial charge in [0.2, 0.25) is 0 Å². The van der Waals surface area contributed by atoms with Crippen LogP contribution in [0.25, 0.3) is 16.5 Å². The van der Waals surface area contributed by atoms with E-state index in [0.29, 0.717) is 0 Å². The summed E-state index contributed by atoms with van der Waals surface area (Å²) in [5.41, 5.74) is 4.17. The van der Waals surface area contributed by atoms with Gasteiger partial charge >= 0.3 is 0 Å². The van der Waals surface area contributed by atoms with Crippen LogP contribution in [0.3, 0.4) is 0 Å². The number of fused-ring (bicyclic) bond motifs is 1. The predicted molar refractivity (Wildman–Crippen MR) is 86.2 cm³/mol. The molecule has 19 heavy (non-hydrogen) atoms. The summed E-state index contributed by atoms with van der Waals surface area (Å²) in [6, 6.07) is 10.2. The Morgan fingerprint density at radius 3 is 2.47 bits per heavy atom. The largest absolute Gasteiger partial charge is 0.248 e. The Morgan fingerprint density at radius 2 is 1.84 bits per heavy atom. The van der Waals surface area contributed by atoms with Gasteiger partial charge in [-0.05, 0) is 30.2 Å². The minimum absolute atomic E-state index is 0.941. The van der Waals surface area contributed by atoms with Gasteiger partial charge in [-0.2, -0.15) is 0 Å². The number of pyridine rings is 1. The van der Waals surface area contributed by atoms with Crippen LogP contribution in [0, 0.1) is 6.92 Å². The van der Waals surface area contributed by atoms with E-state index in [1.807, 2.05) is 38.1 Å². The third-order valence-corrected chi connectivity index (χ3v) is 2.74. The molecule has 0 atom stereocenters. The second kappa shape index (κ2) is 7.32. The van der Waals surface area contributed by atoms with Crippen molar-refractivity contribution in [2.75, 3.05) is 0 Å². The maximum Gasteiger partial charge on any atom is 0.0712 e. The van der Waals surface area contributed by atoms with Crippen molar-refractivity contribution in [2.45, 2.75) is 20.8 Å². The summed E-state index contributed by atoms with van der Waals surface area (Å²) >= 11 is 0. The lowest BCUT2D eigenvalue weighted by Gasteiger charge is -2.06. The molecule has 0 N–H and O–H groups in total. The number of allylic oxidation sites excluding steroid dienone is 4. The maximum atomic E-state index is 4.64. The fourth-order valence-corrected chi connectivity index (χ4v) is 1.88. The molecule has 2 rings (SSSR count). The standard InChI is InChI=1S/C16H15N.C2H6/c1-4-8-13(5-2)16-11-12(3)14-9-6-7-10-15(14)17-16;1-2/h4-11H,1-2H2,3H3;1-2H3/b13-8+;. The van der Waals surface area contributed by atoms with E-state index in [1.165, 1.54) is 10.9 Å². The highest BCUT2D eigenvalue weighted by atomic mass is 14.7. The first kappa shape index (κ1) is 14.9. The first-order chi connectivity index (χ1) is 9.26. The van der Waals surface area contributed by atoms with Crippen LogP contribution < -0.4 is 0 Å². The average molecular weight is 251 g/mol. The number of aryl methyl sites for hydroxylation is 1. The van der Waals surface area contributed by atoms with Gasteiger partial charge in [0.15, 0.2) is 0 Å². The van der Waals surface area contributed by atoms with Gasteiger partial charge in [0.05, 0.1) is 11.2 Å². The van der Waals surface area contributed by atoms with Crippen molar-refractivity contribution < 1.29 is 0 Å². The molecule has 0 saturated heterocycles. The van der Waals surface area contributed by atoms with Crippen LogP contribution in [-0.4, -0.2) is 4.98 Å². The van der Waals surface area contributed by atoms with Crippen LogP contribution in [0.5, 0.6) is 0 Å². The molecule has 1 heteroatoms. The first-order valence-corrected chi connectivity index (χ1v) is 6.58. The SMILES string of the molecule is C=C/C=C(\C=C)c1cc(C)c2ccccc2n1.CC. The van der Waals surface area contributed by atoms with Gasteiger partial charge in [0, 0.05) is 5.39 Å². The molecule has 0 bridgehead atoms. The summed E-state index contributed by atoms with van der Waals surface area (Å²) in [5.74, 6) is 0. The summed E-state index contributed by atoms with van der Waals surface area (Å²) < 4.78 is 0. The number of nitrogens with zero attached hydrogens (tertiary/aromatic N) is 1. The number of hydrogen-bond acceptors (Lipinski definition) is 1. The van der Waals surface area contributed by atoms with Crippen LogP contribution in [0.4, 0.5) is 0 Å². The van der Waals surface area contributed by atoms with Crippen molar-refractivity contribution in [3.05, 3.63) is 73.0 Å².